The van der Waals surface area contributed by atoms with Gasteiger partial charge in [0, 0.05) is 36.3 Å². The van der Waals surface area contributed by atoms with Crippen molar-refractivity contribution >= 4 is 28.4 Å². The highest BCUT2D eigenvalue weighted by molar-refractivity contribution is 6.06. The Morgan fingerprint density at radius 1 is 1.03 bits per heavy atom. The Morgan fingerprint density at radius 3 is 2.62 bits per heavy atom. The molecule has 0 radical (unpaired) electrons. The van der Waals surface area contributed by atoms with Gasteiger partial charge in [0.1, 0.15) is 11.5 Å². The Hall–Kier alpha value is -3.97. The molecule has 1 fully saturated rings. The zero-order chi connectivity index (χ0) is 26.0. The summed E-state index contributed by atoms with van der Waals surface area (Å²) in [5, 5.41) is 6.63. The number of rotatable bonds is 7. The number of benzene rings is 3. The maximum absolute atomic E-state index is 14.1. The van der Waals surface area contributed by atoms with Crippen molar-refractivity contribution in [2.75, 3.05) is 18.5 Å². The van der Waals surface area contributed by atoms with Gasteiger partial charge in [-0.2, -0.15) is 0 Å². The van der Waals surface area contributed by atoms with E-state index >= 15 is 0 Å². The first-order valence-electron chi connectivity index (χ1n) is 12.5. The molecule has 0 bridgehead atoms. The smallest absolute Gasteiger partial charge is 0.268 e. The summed E-state index contributed by atoms with van der Waals surface area (Å²) in [6, 6.07) is 21.3. The SMILES string of the molecule is Cc1cccc(Cn2c(C(=O)NCC3(C)CCCO3)cc3cc(NC(=O)c4ccccc4F)ccc32)c1. The summed E-state index contributed by atoms with van der Waals surface area (Å²) in [5.74, 6) is -1.29. The lowest BCUT2D eigenvalue weighted by Gasteiger charge is -2.23. The van der Waals surface area contributed by atoms with Crippen LogP contribution >= 0.6 is 0 Å². The third-order valence-corrected chi connectivity index (χ3v) is 6.86. The lowest BCUT2D eigenvalue weighted by molar-refractivity contribution is 0.0205. The van der Waals surface area contributed by atoms with E-state index in [1.54, 1.807) is 24.3 Å². The molecule has 4 aromatic rings. The van der Waals surface area contributed by atoms with Gasteiger partial charge in [0.15, 0.2) is 0 Å². The van der Waals surface area contributed by atoms with E-state index in [1.165, 1.54) is 12.1 Å². The largest absolute Gasteiger partial charge is 0.373 e. The van der Waals surface area contributed by atoms with Gasteiger partial charge in [-0.25, -0.2) is 4.39 Å². The number of nitrogens with zero attached hydrogens (tertiary/aromatic N) is 1. The molecule has 1 atom stereocenters. The van der Waals surface area contributed by atoms with Gasteiger partial charge in [0.05, 0.1) is 11.2 Å². The highest BCUT2D eigenvalue weighted by Crippen LogP contribution is 2.27. The van der Waals surface area contributed by atoms with Crippen molar-refractivity contribution < 1.29 is 18.7 Å². The maximum Gasteiger partial charge on any atom is 0.268 e. The molecule has 190 valence electrons. The first kappa shape index (κ1) is 24.7. The number of nitrogens with one attached hydrogen (secondary N) is 2. The van der Waals surface area contributed by atoms with Gasteiger partial charge in [-0.3, -0.25) is 9.59 Å². The van der Waals surface area contributed by atoms with Gasteiger partial charge in [-0.1, -0.05) is 42.0 Å². The second kappa shape index (κ2) is 10.2. The second-order valence-electron chi connectivity index (χ2n) is 9.90. The Balaban J connectivity index is 1.46. The minimum Gasteiger partial charge on any atom is -0.373 e. The molecule has 5 rings (SSSR count). The van der Waals surface area contributed by atoms with Crippen LogP contribution in [0.3, 0.4) is 0 Å². The lowest BCUT2D eigenvalue weighted by atomic mass is 10.0. The number of fused-ring (bicyclic) bond motifs is 1. The van der Waals surface area contributed by atoms with Crippen LogP contribution in [0.2, 0.25) is 0 Å². The average Bonchev–Trinajstić information content (AvgIpc) is 3.47. The summed E-state index contributed by atoms with van der Waals surface area (Å²) >= 11 is 0. The minimum atomic E-state index is -0.579. The van der Waals surface area contributed by atoms with Crippen molar-refractivity contribution in [1.29, 1.82) is 0 Å². The molecule has 0 spiro atoms. The Kier molecular flexibility index (Phi) is 6.80. The van der Waals surface area contributed by atoms with Crippen molar-refractivity contribution in [1.82, 2.24) is 9.88 Å². The Bertz CT molecular complexity index is 1470. The highest BCUT2D eigenvalue weighted by atomic mass is 19.1. The summed E-state index contributed by atoms with van der Waals surface area (Å²) in [7, 11) is 0. The number of amides is 2. The molecule has 2 heterocycles. The molecule has 1 unspecified atom stereocenters. The number of hydrogen-bond donors (Lipinski definition) is 2. The molecule has 1 saturated heterocycles. The van der Waals surface area contributed by atoms with Crippen LogP contribution < -0.4 is 10.6 Å². The van der Waals surface area contributed by atoms with Crippen molar-refractivity contribution in [3.05, 3.63) is 101 Å². The monoisotopic (exact) mass is 499 g/mol. The van der Waals surface area contributed by atoms with Crippen LogP contribution in [0.4, 0.5) is 10.1 Å². The van der Waals surface area contributed by atoms with E-state index in [0.717, 1.165) is 34.9 Å². The maximum atomic E-state index is 14.1. The van der Waals surface area contributed by atoms with Crippen LogP contribution in [0, 0.1) is 12.7 Å². The molecule has 37 heavy (non-hydrogen) atoms. The molecular weight excluding hydrogens is 469 g/mol. The molecule has 7 heteroatoms. The third kappa shape index (κ3) is 5.42. The molecule has 1 aliphatic rings. The normalized spacial score (nSPS) is 17.2. The molecule has 0 saturated carbocycles. The lowest BCUT2D eigenvalue weighted by Crippen LogP contribution is -2.40. The van der Waals surface area contributed by atoms with E-state index in [9.17, 15) is 14.0 Å². The van der Waals surface area contributed by atoms with E-state index in [1.807, 2.05) is 48.7 Å². The fourth-order valence-corrected chi connectivity index (χ4v) is 4.88. The fourth-order valence-electron chi connectivity index (χ4n) is 4.88. The molecule has 1 aliphatic heterocycles. The number of aryl methyl sites for hydroxylation is 1. The van der Waals surface area contributed by atoms with Gasteiger partial charge in [0.2, 0.25) is 0 Å². The molecular formula is C30H30FN3O3. The van der Waals surface area contributed by atoms with Gasteiger partial charge < -0.3 is 19.9 Å². The van der Waals surface area contributed by atoms with Gasteiger partial charge >= 0.3 is 0 Å². The van der Waals surface area contributed by atoms with Gasteiger partial charge in [-0.15, -0.1) is 0 Å². The predicted octanol–water partition coefficient (Wildman–Crippen LogP) is 5.69. The molecule has 2 N–H and O–H groups in total. The minimum absolute atomic E-state index is 0.0256. The summed E-state index contributed by atoms with van der Waals surface area (Å²) < 4.78 is 21.9. The van der Waals surface area contributed by atoms with Crippen LogP contribution in [-0.2, 0) is 11.3 Å². The number of carbonyl (C=O) groups is 2. The van der Waals surface area contributed by atoms with E-state index in [0.29, 0.717) is 31.1 Å². The first-order chi connectivity index (χ1) is 17.8. The quantitative estimate of drug-likeness (QED) is 0.343. The number of anilines is 1. The van der Waals surface area contributed by atoms with Crippen molar-refractivity contribution in [3.8, 4) is 0 Å². The van der Waals surface area contributed by atoms with Crippen molar-refractivity contribution in [2.45, 2.75) is 38.8 Å². The molecule has 6 nitrogen and oxygen atoms in total. The zero-order valence-corrected chi connectivity index (χ0v) is 21.0. The summed E-state index contributed by atoms with van der Waals surface area (Å²) in [6.45, 7) is 5.72. The third-order valence-electron chi connectivity index (χ3n) is 6.86. The summed E-state index contributed by atoms with van der Waals surface area (Å²) in [6.07, 6.45) is 1.89. The number of ether oxygens (including phenoxy) is 1. The van der Waals surface area contributed by atoms with Crippen LogP contribution in [-0.4, -0.2) is 35.1 Å². The molecule has 3 aromatic carbocycles. The van der Waals surface area contributed by atoms with Crippen LogP contribution in [0.15, 0.2) is 72.8 Å². The number of hydrogen-bond acceptors (Lipinski definition) is 3. The van der Waals surface area contributed by atoms with E-state index < -0.39 is 11.7 Å². The van der Waals surface area contributed by atoms with E-state index in [2.05, 4.69) is 16.7 Å². The number of carbonyl (C=O) groups excluding carboxylic acids is 2. The Morgan fingerprint density at radius 2 is 1.86 bits per heavy atom. The molecule has 1 aromatic heterocycles. The van der Waals surface area contributed by atoms with Gasteiger partial charge in [-0.05, 0) is 68.7 Å². The van der Waals surface area contributed by atoms with Crippen LogP contribution in [0.5, 0.6) is 0 Å². The van der Waals surface area contributed by atoms with Crippen LogP contribution in [0.1, 0.15) is 51.7 Å². The summed E-state index contributed by atoms with van der Waals surface area (Å²) in [5.41, 5.74) is 3.75. The van der Waals surface area contributed by atoms with Crippen molar-refractivity contribution in [3.63, 3.8) is 0 Å². The molecule has 0 aliphatic carbocycles. The Labute approximate surface area is 215 Å². The number of aromatic nitrogens is 1. The van der Waals surface area contributed by atoms with Crippen molar-refractivity contribution in [2.24, 2.45) is 0 Å². The van der Waals surface area contributed by atoms with E-state index in [-0.39, 0.29) is 17.1 Å². The first-order valence-corrected chi connectivity index (χ1v) is 12.5. The predicted molar refractivity (Wildman–Crippen MR) is 142 cm³/mol. The molecule has 2 amide bonds. The fraction of sp³-hybridized carbons (Fsp3) is 0.267. The van der Waals surface area contributed by atoms with E-state index in [4.69, 9.17) is 4.74 Å². The zero-order valence-electron chi connectivity index (χ0n) is 21.0. The highest BCUT2D eigenvalue weighted by Gasteiger charge is 2.30. The van der Waals surface area contributed by atoms with Crippen LogP contribution in [0.25, 0.3) is 10.9 Å². The number of halogens is 1. The standard InChI is InChI=1S/C30H30FN3O3/c1-20-7-5-8-21(15-20)18-34-26-12-11-23(33-28(35)24-9-3-4-10-25(24)31)16-22(26)17-27(34)29(36)32-19-30(2)13-6-14-37-30/h3-5,7-12,15-17H,6,13-14,18-19H2,1-2H3,(H,32,36)(H,33,35). The summed E-state index contributed by atoms with van der Waals surface area (Å²) in [4.78, 5) is 26.0. The average molecular weight is 500 g/mol. The topological polar surface area (TPSA) is 72.4 Å². The van der Waals surface area contributed by atoms with Gasteiger partial charge in [0.25, 0.3) is 11.8 Å². The second-order valence-corrected chi connectivity index (χ2v) is 9.90.